The molecule has 1 saturated carbocycles. The molecular formula is C24H29BrN2OS. The van der Waals surface area contributed by atoms with Crippen LogP contribution in [0.25, 0.3) is 0 Å². The number of carbonyl (C=O) groups is 1. The smallest absolute Gasteiger partial charge is 0.250 e. The van der Waals surface area contributed by atoms with Crippen LogP contribution in [0.4, 0.5) is 0 Å². The summed E-state index contributed by atoms with van der Waals surface area (Å²) < 4.78 is 1.10. The predicted octanol–water partition coefficient (Wildman–Crippen LogP) is 6.75. The molecule has 0 radical (unpaired) electrons. The molecule has 0 spiro atoms. The molecular weight excluding hydrogens is 444 g/mol. The second-order valence-electron chi connectivity index (χ2n) is 7.84. The maximum atomic E-state index is 12.2. The first-order chi connectivity index (χ1) is 13.9. The highest BCUT2D eigenvalue weighted by Gasteiger charge is 2.15. The van der Waals surface area contributed by atoms with E-state index in [9.17, 15) is 4.79 Å². The number of rotatable bonds is 6. The number of hydrogen-bond donors (Lipinski definition) is 1. The molecule has 0 aromatic heterocycles. The number of aryl methyl sites for hydroxylation is 2. The number of carbonyl (C=O) groups excluding carboxylic acids is 1. The van der Waals surface area contributed by atoms with Gasteiger partial charge in [0.25, 0.3) is 0 Å². The fourth-order valence-corrected chi connectivity index (χ4v) is 5.08. The summed E-state index contributed by atoms with van der Waals surface area (Å²) in [6.45, 7) is 6.05. The lowest BCUT2D eigenvalue weighted by atomic mass is 9.84. The van der Waals surface area contributed by atoms with Crippen LogP contribution < -0.4 is 5.43 Å². The number of hydrogen-bond acceptors (Lipinski definition) is 3. The van der Waals surface area contributed by atoms with Crippen LogP contribution in [-0.4, -0.2) is 17.4 Å². The van der Waals surface area contributed by atoms with Crippen molar-refractivity contribution < 1.29 is 4.79 Å². The maximum Gasteiger partial charge on any atom is 0.250 e. The molecule has 3 rings (SSSR count). The van der Waals surface area contributed by atoms with Crippen LogP contribution in [0, 0.1) is 13.8 Å². The van der Waals surface area contributed by atoms with Gasteiger partial charge in [0, 0.05) is 9.37 Å². The molecule has 1 fully saturated rings. The van der Waals surface area contributed by atoms with Crippen molar-refractivity contribution in [2.24, 2.45) is 5.10 Å². The fraction of sp³-hybridized carbons (Fsp3) is 0.417. The molecule has 1 amide bonds. The number of benzene rings is 2. The zero-order chi connectivity index (χ0) is 20.8. The number of amides is 1. The molecule has 0 bridgehead atoms. The Morgan fingerprint density at radius 2 is 1.79 bits per heavy atom. The zero-order valence-corrected chi connectivity index (χ0v) is 19.8. The standard InChI is InChI=1S/C24H29BrN2OS/c1-16-14-23(17(2)13-22(16)25)29-15-24(28)27-26-18(3)19-9-11-21(12-10-19)20-7-5-4-6-8-20/h9-14,20H,4-8,15H2,1-3H3,(H,27,28)/b26-18+. The van der Waals surface area contributed by atoms with Gasteiger partial charge in [0.2, 0.25) is 5.91 Å². The average Bonchev–Trinajstić information content (AvgIpc) is 2.74. The largest absolute Gasteiger partial charge is 0.272 e. The Hall–Kier alpha value is -1.59. The molecule has 29 heavy (non-hydrogen) atoms. The number of nitrogens with zero attached hydrogens (tertiary/aromatic N) is 1. The van der Waals surface area contributed by atoms with Crippen molar-refractivity contribution >= 4 is 39.3 Å². The predicted molar refractivity (Wildman–Crippen MR) is 127 cm³/mol. The summed E-state index contributed by atoms with van der Waals surface area (Å²) in [5.41, 5.74) is 8.34. The summed E-state index contributed by atoms with van der Waals surface area (Å²) >= 11 is 5.08. The van der Waals surface area contributed by atoms with E-state index < -0.39 is 0 Å². The molecule has 2 aromatic rings. The van der Waals surface area contributed by atoms with Crippen molar-refractivity contribution in [3.05, 3.63) is 63.1 Å². The number of hydrazone groups is 1. The number of nitrogens with one attached hydrogen (secondary N) is 1. The van der Waals surface area contributed by atoms with Crippen molar-refractivity contribution in [2.75, 3.05) is 5.75 Å². The normalized spacial score (nSPS) is 15.4. The Kier molecular flexibility index (Phi) is 7.96. The zero-order valence-electron chi connectivity index (χ0n) is 17.4. The van der Waals surface area contributed by atoms with Gasteiger partial charge in [0.1, 0.15) is 0 Å². The summed E-state index contributed by atoms with van der Waals surface area (Å²) in [6, 6.07) is 12.9. The molecule has 1 aliphatic rings. The number of thioether (sulfide) groups is 1. The molecule has 0 unspecified atom stereocenters. The summed E-state index contributed by atoms with van der Waals surface area (Å²) in [4.78, 5) is 13.4. The van der Waals surface area contributed by atoms with Gasteiger partial charge in [0.15, 0.2) is 0 Å². The van der Waals surface area contributed by atoms with Gasteiger partial charge in [-0.25, -0.2) is 5.43 Å². The van der Waals surface area contributed by atoms with Crippen LogP contribution in [0.1, 0.15) is 67.2 Å². The van der Waals surface area contributed by atoms with Crippen molar-refractivity contribution in [2.45, 2.75) is 63.7 Å². The van der Waals surface area contributed by atoms with E-state index in [4.69, 9.17) is 0 Å². The van der Waals surface area contributed by atoms with E-state index >= 15 is 0 Å². The maximum absolute atomic E-state index is 12.2. The van der Waals surface area contributed by atoms with Gasteiger partial charge in [-0.2, -0.15) is 5.10 Å². The Balaban J connectivity index is 1.53. The average molecular weight is 473 g/mol. The minimum Gasteiger partial charge on any atom is -0.272 e. The third kappa shape index (κ3) is 6.19. The van der Waals surface area contributed by atoms with Gasteiger partial charge in [-0.15, -0.1) is 11.8 Å². The van der Waals surface area contributed by atoms with Crippen LogP contribution in [0.2, 0.25) is 0 Å². The Morgan fingerprint density at radius 3 is 2.48 bits per heavy atom. The molecule has 0 saturated heterocycles. The molecule has 0 heterocycles. The highest BCUT2D eigenvalue weighted by molar-refractivity contribution is 9.10. The molecule has 3 nitrogen and oxygen atoms in total. The van der Waals surface area contributed by atoms with E-state index in [-0.39, 0.29) is 5.91 Å². The van der Waals surface area contributed by atoms with Crippen LogP contribution in [0.5, 0.6) is 0 Å². The molecule has 154 valence electrons. The van der Waals surface area contributed by atoms with E-state index in [1.807, 2.05) is 6.92 Å². The first-order valence-electron chi connectivity index (χ1n) is 10.3. The quantitative estimate of drug-likeness (QED) is 0.287. The van der Waals surface area contributed by atoms with Crippen LogP contribution in [-0.2, 0) is 4.79 Å². The minimum absolute atomic E-state index is 0.0897. The van der Waals surface area contributed by atoms with E-state index in [1.54, 1.807) is 11.8 Å². The first-order valence-corrected chi connectivity index (χ1v) is 12.0. The van der Waals surface area contributed by atoms with E-state index in [2.05, 4.69) is 76.7 Å². The van der Waals surface area contributed by atoms with Crippen molar-refractivity contribution in [3.8, 4) is 0 Å². The number of halogens is 1. The summed E-state index contributed by atoms with van der Waals surface area (Å²) in [7, 11) is 0. The molecule has 0 atom stereocenters. The van der Waals surface area contributed by atoms with Gasteiger partial charge < -0.3 is 0 Å². The Bertz CT molecular complexity index is 886. The summed E-state index contributed by atoms with van der Waals surface area (Å²) in [6.07, 6.45) is 6.67. The lowest BCUT2D eigenvalue weighted by Crippen LogP contribution is -2.21. The highest BCUT2D eigenvalue weighted by atomic mass is 79.9. The van der Waals surface area contributed by atoms with Gasteiger partial charge in [-0.05, 0) is 73.9 Å². The third-order valence-electron chi connectivity index (χ3n) is 5.57. The molecule has 1 N–H and O–H groups in total. The van der Waals surface area contributed by atoms with Crippen LogP contribution in [0.15, 0.2) is 50.9 Å². The van der Waals surface area contributed by atoms with Crippen LogP contribution >= 0.6 is 27.7 Å². The van der Waals surface area contributed by atoms with E-state index in [1.165, 1.54) is 43.2 Å². The van der Waals surface area contributed by atoms with Gasteiger partial charge in [-0.3, -0.25) is 4.79 Å². The van der Waals surface area contributed by atoms with Crippen molar-refractivity contribution in [1.29, 1.82) is 0 Å². The van der Waals surface area contributed by atoms with Gasteiger partial charge in [0.05, 0.1) is 11.5 Å². The Morgan fingerprint density at radius 1 is 1.10 bits per heavy atom. The fourth-order valence-electron chi connectivity index (χ4n) is 3.73. The molecule has 0 aliphatic heterocycles. The van der Waals surface area contributed by atoms with E-state index in [0.29, 0.717) is 11.7 Å². The SMILES string of the molecule is C/C(=N\NC(=O)CSc1cc(C)c(Br)cc1C)c1ccc(C2CCCCC2)cc1. The lowest BCUT2D eigenvalue weighted by molar-refractivity contribution is -0.118. The van der Waals surface area contributed by atoms with Gasteiger partial charge in [-0.1, -0.05) is 59.5 Å². The molecule has 2 aromatic carbocycles. The summed E-state index contributed by atoms with van der Waals surface area (Å²) in [5.74, 6) is 0.963. The van der Waals surface area contributed by atoms with Gasteiger partial charge >= 0.3 is 0 Å². The third-order valence-corrected chi connectivity index (χ3v) is 7.58. The Labute approximate surface area is 186 Å². The highest BCUT2D eigenvalue weighted by Crippen LogP contribution is 2.32. The first kappa shape index (κ1) is 22.1. The molecule has 1 aliphatic carbocycles. The van der Waals surface area contributed by atoms with Crippen LogP contribution in [0.3, 0.4) is 0 Å². The minimum atomic E-state index is -0.0897. The van der Waals surface area contributed by atoms with Crippen molar-refractivity contribution in [1.82, 2.24) is 5.43 Å². The lowest BCUT2D eigenvalue weighted by Gasteiger charge is -2.22. The second-order valence-corrected chi connectivity index (χ2v) is 9.72. The van der Waals surface area contributed by atoms with Crippen molar-refractivity contribution in [3.63, 3.8) is 0 Å². The monoisotopic (exact) mass is 472 g/mol. The molecule has 5 heteroatoms. The second kappa shape index (κ2) is 10.4. The summed E-state index contributed by atoms with van der Waals surface area (Å²) in [5, 5.41) is 4.30. The van der Waals surface area contributed by atoms with E-state index in [0.717, 1.165) is 26.2 Å². The topological polar surface area (TPSA) is 41.5 Å².